The normalized spacial score (nSPS) is 11.1. The highest BCUT2D eigenvalue weighted by Gasteiger charge is 2.19. The Balaban J connectivity index is 1.43. The molecule has 10 heteroatoms. The van der Waals surface area contributed by atoms with Gasteiger partial charge in [-0.2, -0.15) is 0 Å². The SMILES string of the molecule is COc1cc2nccc(Oc3ccc4nc(NC(=O)c5c(C)noc5C)sc4c3)c2cc1OC. The number of hydrogen-bond donors (Lipinski definition) is 1. The maximum absolute atomic E-state index is 12.6. The van der Waals surface area contributed by atoms with Crippen LogP contribution in [0.2, 0.25) is 0 Å². The van der Waals surface area contributed by atoms with E-state index in [-0.39, 0.29) is 5.91 Å². The number of rotatable bonds is 6. The molecule has 0 bridgehead atoms. The molecular formula is C24H20N4O5S. The van der Waals surface area contributed by atoms with Crippen LogP contribution in [0.25, 0.3) is 21.1 Å². The minimum absolute atomic E-state index is 0.306. The van der Waals surface area contributed by atoms with E-state index in [0.29, 0.717) is 45.1 Å². The maximum Gasteiger partial charge on any atom is 0.262 e. The Morgan fingerprint density at radius 3 is 2.53 bits per heavy atom. The maximum atomic E-state index is 12.6. The lowest BCUT2D eigenvalue weighted by Gasteiger charge is -2.12. The van der Waals surface area contributed by atoms with Crippen molar-refractivity contribution in [1.29, 1.82) is 0 Å². The van der Waals surface area contributed by atoms with Crippen molar-refractivity contribution in [2.24, 2.45) is 0 Å². The van der Waals surface area contributed by atoms with Crippen molar-refractivity contribution in [1.82, 2.24) is 15.1 Å². The van der Waals surface area contributed by atoms with Crippen LogP contribution in [0.1, 0.15) is 21.8 Å². The molecule has 0 saturated heterocycles. The van der Waals surface area contributed by atoms with Crippen molar-refractivity contribution in [2.75, 3.05) is 19.5 Å². The summed E-state index contributed by atoms with van der Waals surface area (Å²) in [6.45, 7) is 3.42. The first-order valence-corrected chi connectivity index (χ1v) is 11.1. The fourth-order valence-corrected chi connectivity index (χ4v) is 4.54. The van der Waals surface area contributed by atoms with E-state index in [2.05, 4.69) is 20.4 Å². The first-order valence-electron chi connectivity index (χ1n) is 10.3. The molecule has 0 spiro atoms. The van der Waals surface area contributed by atoms with Crippen LogP contribution in [0.4, 0.5) is 5.13 Å². The number of fused-ring (bicyclic) bond motifs is 2. The number of aryl methyl sites for hydroxylation is 2. The van der Waals surface area contributed by atoms with Gasteiger partial charge < -0.3 is 18.7 Å². The number of anilines is 1. The van der Waals surface area contributed by atoms with Crippen molar-refractivity contribution < 1.29 is 23.5 Å². The largest absolute Gasteiger partial charge is 0.493 e. The number of methoxy groups -OCH3 is 2. The molecule has 172 valence electrons. The zero-order chi connectivity index (χ0) is 23.8. The molecule has 0 atom stereocenters. The van der Waals surface area contributed by atoms with E-state index >= 15 is 0 Å². The minimum atomic E-state index is -0.306. The summed E-state index contributed by atoms with van der Waals surface area (Å²) < 4.78 is 22.9. The predicted octanol–water partition coefficient (Wildman–Crippen LogP) is 5.51. The first kappa shape index (κ1) is 21.7. The molecule has 34 heavy (non-hydrogen) atoms. The molecule has 0 aliphatic heterocycles. The lowest BCUT2D eigenvalue weighted by atomic mass is 10.2. The van der Waals surface area contributed by atoms with Crippen molar-refractivity contribution in [3.05, 3.63) is 59.6 Å². The molecule has 0 unspecified atom stereocenters. The average molecular weight is 477 g/mol. The molecule has 0 saturated carbocycles. The average Bonchev–Trinajstić information content (AvgIpc) is 3.39. The third kappa shape index (κ3) is 3.88. The smallest absolute Gasteiger partial charge is 0.262 e. The van der Waals surface area contributed by atoms with Crippen LogP contribution >= 0.6 is 11.3 Å². The summed E-state index contributed by atoms with van der Waals surface area (Å²) >= 11 is 1.35. The molecule has 2 aromatic carbocycles. The molecule has 0 aliphatic rings. The number of carbonyl (C=O) groups is 1. The number of benzene rings is 2. The summed E-state index contributed by atoms with van der Waals surface area (Å²) in [5, 5.41) is 7.92. The summed E-state index contributed by atoms with van der Waals surface area (Å²) in [5.74, 6) is 2.59. The van der Waals surface area contributed by atoms with E-state index in [0.717, 1.165) is 21.1 Å². The van der Waals surface area contributed by atoms with E-state index in [4.69, 9.17) is 18.7 Å². The van der Waals surface area contributed by atoms with Gasteiger partial charge in [-0.1, -0.05) is 16.5 Å². The van der Waals surface area contributed by atoms with Gasteiger partial charge in [-0.3, -0.25) is 15.1 Å². The number of nitrogens with zero attached hydrogens (tertiary/aromatic N) is 3. The Kier molecular flexibility index (Phi) is 5.50. The van der Waals surface area contributed by atoms with Gasteiger partial charge in [0.2, 0.25) is 0 Å². The van der Waals surface area contributed by atoms with Crippen LogP contribution in [0.5, 0.6) is 23.0 Å². The fraction of sp³-hybridized carbons (Fsp3) is 0.167. The van der Waals surface area contributed by atoms with Gasteiger partial charge >= 0.3 is 0 Å². The highest BCUT2D eigenvalue weighted by molar-refractivity contribution is 7.22. The third-order valence-electron chi connectivity index (χ3n) is 5.28. The van der Waals surface area contributed by atoms with Crippen molar-refractivity contribution in [2.45, 2.75) is 13.8 Å². The lowest BCUT2D eigenvalue weighted by molar-refractivity contribution is 0.102. The van der Waals surface area contributed by atoms with Crippen LogP contribution < -0.4 is 19.5 Å². The van der Waals surface area contributed by atoms with Gasteiger partial charge in [0.1, 0.15) is 22.8 Å². The van der Waals surface area contributed by atoms with Crippen LogP contribution in [-0.2, 0) is 0 Å². The number of carbonyl (C=O) groups excluding carboxylic acids is 1. The molecule has 5 rings (SSSR count). The number of aromatic nitrogens is 3. The van der Waals surface area contributed by atoms with Gasteiger partial charge in [-0.15, -0.1) is 0 Å². The predicted molar refractivity (Wildman–Crippen MR) is 128 cm³/mol. The quantitative estimate of drug-likeness (QED) is 0.342. The molecule has 9 nitrogen and oxygen atoms in total. The number of amides is 1. The second kappa shape index (κ2) is 8.64. The van der Waals surface area contributed by atoms with Crippen LogP contribution in [0, 0.1) is 13.8 Å². The van der Waals surface area contributed by atoms with Gasteiger partial charge in [-0.05, 0) is 38.1 Å². The molecule has 3 heterocycles. The van der Waals surface area contributed by atoms with Crippen LogP contribution in [0.15, 0.2) is 47.1 Å². The summed E-state index contributed by atoms with van der Waals surface area (Å²) in [6, 6.07) is 11.0. The topological polar surface area (TPSA) is 109 Å². The minimum Gasteiger partial charge on any atom is -0.493 e. The molecule has 0 aliphatic carbocycles. The highest BCUT2D eigenvalue weighted by Crippen LogP contribution is 2.38. The van der Waals surface area contributed by atoms with E-state index in [1.54, 1.807) is 46.4 Å². The van der Waals surface area contributed by atoms with Gasteiger partial charge in [0.05, 0.1) is 35.6 Å². The van der Waals surface area contributed by atoms with E-state index in [9.17, 15) is 4.79 Å². The Hall–Kier alpha value is -4.18. The third-order valence-corrected chi connectivity index (χ3v) is 6.21. The van der Waals surface area contributed by atoms with Crippen molar-refractivity contribution in [3.8, 4) is 23.0 Å². The Bertz CT molecular complexity index is 1520. The summed E-state index contributed by atoms with van der Waals surface area (Å²) in [5.41, 5.74) is 2.42. The molecule has 5 aromatic rings. The Morgan fingerprint density at radius 1 is 1.00 bits per heavy atom. The second-order valence-electron chi connectivity index (χ2n) is 7.44. The number of ether oxygens (including phenoxy) is 3. The molecule has 0 fully saturated rings. The van der Waals surface area contributed by atoms with E-state index in [1.807, 2.05) is 24.3 Å². The van der Waals surface area contributed by atoms with E-state index in [1.165, 1.54) is 11.3 Å². The molecule has 3 aromatic heterocycles. The van der Waals surface area contributed by atoms with Crippen LogP contribution in [-0.4, -0.2) is 35.3 Å². The first-order chi connectivity index (χ1) is 16.5. The van der Waals surface area contributed by atoms with Gasteiger partial charge in [-0.25, -0.2) is 4.98 Å². The highest BCUT2D eigenvalue weighted by atomic mass is 32.1. The van der Waals surface area contributed by atoms with Crippen LogP contribution in [0.3, 0.4) is 0 Å². The number of pyridine rings is 1. The molecule has 0 radical (unpaired) electrons. The number of thiazole rings is 1. The van der Waals surface area contributed by atoms with E-state index < -0.39 is 0 Å². The number of nitrogens with one attached hydrogen (secondary N) is 1. The zero-order valence-electron chi connectivity index (χ0n) is 18.8. The second-order valence-corrected chi connectivity index (χ2v) is 8.47. The monoisotopic (exact) mass is 476 g/mol. The zero-order valence-corrected chi connectivity index (χ0v) is 19.6. The van der Waals surface area contributed by atoms with Gasteiger partial charge in [0.25, 0.3) is 5.91 Å². The lowest BCUT2D eigenvalue weighted by Crippen LogP contribution is -2.13. The summed E-state index contributed by atoms with van der Waals surface area (Å²) in [7, 11) is 3.17. The number of hydrogen-bond acceptors (Lipinski definition) is 9. The Morgan fingerprint density at radius 2 is 1.79 bits per heavy atom. The van der Waals surface area contributed by atoms with Gasteiger partial charge in [0, 0.05) is 23.7 Å². The van der Waals surface area contributed by atoms with Crippen molar-refractivity contribution >= 4 is 43.5 Å². The van der Waals surface area contributed by atoms with Gasteiger partial charge in [0.15, 0.2) is 16.6 Å². The molecule has 1 amide bonds. The summed E-state index contributed by atoms with van der Waals surface area (Å²) in [4.78, 5) is 21.5. The van der Waals surface area contributed by atoms with Crippen molar-refractivity contribution in [3.63, 3.8) is 0 Å². The Labute approximate surface area is 198 Å². The standard InChI is InChI=1S/C24H20N4O5S/c1-12-22(13(2)33-28-12)23(29)27-24-26-16-6-5-14(9-21(16)34-24)32-18-7-8-25-17-11-20(31-4)19(30-3)10-15(17)18/h5-11H,1-4H3,(H,26,27,29). The molecular weight excluding hydrogens is 456 g/mol. The summed E-state index contributed by atoms with van der Waals surface area (Å²) in [6.07, 6.45) is 1.68. The fourth-order valence-electron chi connectivity index (χ4n) is 3.65. The molecule has 1 N–H and O–H groups in total.